The number of rotatable bonds is 5. The predicted octanol–water partition coefficient (Wildman–Crippen LogP) is 3.78. The zero-order chi connectivity index (χ0) is 20.4. The molecule has 1 N–H and O–H groups in total. The van der Waals surface area contributed by atoms with Crippen LogP contribution in [0.15, 0.2) is 42.5 Å². The lowest BCUT2D eigenvalue weighted by Crippen LogP contribution is -2.39. The number of benzene rings is 2. The Morgan fingerprint density at radius 2 is 1.80 bits per heavy atom. The monoisotopic (exact) mass is 433 g/mol. The van der Waals surface area contributed by atoms with Crippen LogP contribution in [0.2, 0.25) is 0 Å². The van der Waals surface area contributed by atoms with E-state index in [-0.39, 0.29) is 35.6 Å². The Labute approximate surface area is 180 Å². The number of carbonyl (C=O) groups is 1. The summed E-state index contributed by atoms with van der Waals surface area (Å²) in [5.74, 6) is 1.26. The second-order valence-corrected chi connectivity index (χ2v) is 7.39. The molecule has 0 aromatic heterocycles. The van der Waals surface area contributed by atoms with Crippen LogP contribution in [0.5, 0.6) is 17.2 Å². The summed E-state index contributed by atoms with van der Waals surface area (Å²) in [5, 5.41) is 14.8. The van der Waals surface area contributed by atoms with Gasteiger partial charge in [0.2, 0.25) is 0 Å². The van der Waals surface area contributed by atoms with Crippen LogP contribution in [0.1, 0.15) is 29.6 Å². The minimum Gasteiger partial charge on any atom is -0.497 e. The van der Waals surface area contributed by atoms with Gasteiger partial charge < -0.3 is 19.7 Å². The summed E-state index contributed by atoms with van der Waals surface area (Å²) in [5.41, 5.74) is 0.0673. The highest BCUT2D eigenvalue weighted by Crippen LogP contribution is 2.31. The van der Waals surface area contributed by atoms with E-state index in [4.69, 9.17) is 9.47 Å². The number of hydrogen-bond donors (Lipinski definition) is 1. The number of hydrogen-bond acceptors (Lipinski definition) is 6. The van der Waals surface area contributed by atoms with Crippen molar-refractivity contribution in [1.29, 1.82) is 0 Å². The molecule has 4 rings (SSSR count). The Bertz CT molecular complexity index is 921. The minimum atomic E-state index is -0.500. The molecule has 2 aromatic rings. The highest BCUT2D eigenvalue weighted by atomic mass is 35.5. The number of nitro groups is 1. The Morgan fingerprint density at radius 3 is 2.50 bits per heavy atom. The number of methoxy groups -OCH3 is 1. The fraction of sp³-hybridized carbons (Fsp3) is 0.381. The van der Waals surface area contributed by atoms with Crippen molar-refractivity contribution in [3.8, 4) is 17.2 Å². The molecular formula is C21H24ClN3O5. The van der Waals surface area contributed by atoms with Gasteiger partial charge >= 0.3 is 0 Å². The predicted molar refractivity (Wildman–Crippen MR) is 114 cm³/mol. The maximum absolute atomic E-state index is 13.3. The number of non-ortho nitro benzene ring substituents is 1. The van der Waals surface area contributed by atoms with E-state index in [1.165, 1.54) is 18.2 Å². The van der Waals surface area contributed by atoms with Gasteiger partial charge in [-0.1, -0.05) is 0 Å². The van der Waals surface area contributed by atoms with Crippen molar-refractivity contribution in [2.45, 2.75) is 31.3 Å². The lowest BCUT2D eigenvalue weighted by molar-refractivity contribution is -0.384. The van der Waals surface area contributed by atoms with Crippen molar-refractivity contribution in [3.63, 3.8) is 0 Å². The van der Waals surface area contributed by atoms with Crippen LogP contribution in [0, 0.1) is 10.1 Å². The summed E-state index contributed by atoms with van der Waals surface area (Å²) >= 11 is 0. The molecule has 30 heavy (non-hydrogen) atoms. The number of fused-ring (bicyclic) bond motifs is 2. The number of carbonyl (C=O) groups excluding carboxylic acids is 1. The van der Waals surface area contributed by atoms with Crippen LogP contribution < -0.4 is 14.8 Å². The fourth-order valence-corrected chi connectivity index (χ4v) is 3.96. The Kier molecular flexibility index (Phi) is 6.79. The molecule has 2 aliphatic rings. The number of halogens is 1. The second kappa shape index (κ2) is 9.32. The average molecular weight is 434 g/mol. The Hall–Kier alpha value is -2.84. The average Bonchev–Trinajstić information content (AvgIpc) is 3.06. The molecule has 0 spiro atoms. The van der Waals surface area contributed by atoms with Gasteiger partial charge in [-0.15, -0.1) is 12.4 Å². The fourth-order valence-electron chi connectivity index (χ4n) is 3.96. The molecule has 0 aliphatic carbocycles. The number of nitrogens with zero attached hydrogens (tertiary/aromatic N) is 2. The quantitative estimate of drug-likeness (QED) is 0.569. The van der Waals surface area contributed by atoms with Gasteiger partial charge in [0.15, 0.2) is 0 Å². The Morgan fingerprint density at radius 1 is 1.10 bits per heavy atom. The first-order chi connectivity index (χ1) is 14.0. The summed E-state index contributed by atoms with van der Waals surface area (Å²) in [4.78, 5) is 25.8. The van der Waals surface area contributed by atoms with E-state index in [2.05, 4.69) is 5.32 Å². The standard InChI is InChI=1S/C21H23N3O5.ClH/c1-28-17-5-7-18(8-6-17)29-20-9-4-16(24(26)27)12-19(20)21(25)23-11-10-14-2-3-15(13-23)22-14;/h4-9,12,14-15,22H,2-3,10-11,13H2,1H3;1H. The second-order valence-electron chi connectivity index (χ2n) is 7.39. The molecule has 2 aliphatic heterocycles. The van der Waals surface area contributed by atoms with Crippen LogP contribution in [0.4, 0.5) is 5.69 Å². The van der Waals surface area contributed by atoms with Gasteiger partial charge in [0.25, 0.3) is 11.6 Å². The SMILES string of the molecule is COc1ccc(Oc2ccc([N+](=O)[O-])cc2C(=O)N2CCC3CCC(C2)N3)cc1.Cl. The first kappa shape index (κ1) is 21.9. The van der Waals surface area contributed by atoms with Crippen molar-refractivity contribution >= 4 is 24.0 Å². The van der Waals surface area contributed by atoms with E-state index in [1.807, 2.05) is 0 Å². The molecule has 2 saturated heterocycles. The molecule has 2 bridgehead atoms. The molecule has 160 valence electrons. The summed E-state index contributed by atoms with van der Waals surface area (Å²) < 4.78 is 11.0. The maximum Gasteiger partial charge on any atom is 0.270 e. The van der Waals surface area contributed by atoms with Crippen LogP contribution >= 0.6 is 12.4 Å². The first-order valence-corrected chi connectivity index (χ1v) is 9.69. The van der Waals surface area contributed by atoms with E-state index in [1.54, 1.807) is 36.3 Å². The normalized spacial score (nSPS) is 20.1. The minimum absolute atomic E-state index is 0. The molecule has 9 heteroatoms. The summed E-state index contributed by atoms with van der Waals surface area (Å²) in [6.07, 6.45) is 3.06. The third kappa shape index (κ3) is 4.66. The van der Waals surface area contributed by atoms with E-state index in [0.29, 0.717) is 36.4 Å². The van der Waals surface area contributed by atoms with Crippen molar-refractivity contribution in [2.24, 2.45) is 0 Å². The van der Waals surface area contributed by atoms with Crippen molar-refractivity contribution in [1.82, 2.24) is 10.2 Å². The summed E-state index contributed by atoms with van der Waals surface area (Å²) in [6, 6.07) is 11.8. The molecule has 2 fully saturated rings. The van der Waals surface area contributed by atoms with Gasteiger partial charge in [-0.3, -0.25) is 14.9 Å². The molecule has 2 heterocycles. The highest BCUT2D eigenvalue weighted by Gasteiger charge is 2.32. The lowest BCUT2D eigenvalue weighted by Gasteiger charge is -2.25. The zero-order valence-corrected chi connectivity index (χ0v) is 17.4. The van der Waals surface area contributed by atoms with E-state index in [9.17, 15) is 14.9 Å². The van der Waals surface area contributed by atoms with Crippen molar-refractivity contribution in [3.05, 3.63) is 58.1 Å². The summed E-state index contributed by atoms with van der Waals surface area (Å²) in [6.45, 7) is 1.22. The molecule has 2 atom stereocenters. The smallest absolute Gasteiger partial charge is 0.270 e. The lowest BCUT2D eigenvalue weighted by atomic mass is 10.1. The maximum atomic E-state index is 13.3. The molecule has 2 unspecified atom stereocenters. The molecule has 0 radical (unpaired) electrons. The number of nitro benzene ring substituents is 1. The van der Waals surface area contributed by atoms with Crippen molar-refractivity contribution in [2.75, 3.05) is 20.2 Å². The largest absolute Gasteiger partial charge is 0.497 e. The van der Waals surface area contributed by atoms with Crippen LogP contribution in [0.25, 0.3) is 0 Å². The summed E-state index contributed by atoms with van der Waals surface area (Å²) in [7, 11) is 1.58. The topological polar surface area (TPSA) is 93.9 Å². The van der Waals surface area contributed by atoms with Crippen molar-refractivity contribution < 1.29 is 19.2 Å². The number of amides is 1. The first-order valence-electron chi connectivity index (χ1n) is 9.69. The van der Waals surface area contributed by atoms with Gasteiger partial charge in [-0.2, -0.15) is 0 Å². The molecular weight excluding hydrogens is 410 g/mol. The van der Waals surface area contributed by atoms with Gasteiger partial charge in [0, 0.05) is 37.3 Å². The van der Waals surface area contributed by atoms with Gasteiger partial charge in [-0.25, -0.2) is 0 Å². The van der Waals surface area contributed by atoms with Crippen LogP contribution in [-0.4, -0.2) is 48.0 Å². The van der Waals surface area contributed by atoms with Crippen LogP contribution in [0.3, 0.4) is 0 Å². The third-order valence-corrected chi connectivity index (χ3v) is 5.50. The number of likely N-dealkylation sites (tertiary alicyclic amines) is 1. The van der Waals surface area contributed by atoms with E-state index >= 15 is 0 Å². The highest BCUT2D eigenvalue weighted by molar-refractivity contribution is 5.97. The Balaban J connectivity index is 0.00000256. The van der Waals surface area contributed by atoms with Gasteiger partial charge in [-0.05, 0) is 49.6 Å². The third-order valence-electron chi connectivity index (χ3n) is 5.50. The molecule has 2 aromatic carbocycles. The molecule has 1 amide bonds. The molecule has 0 saturated carbocycles. The van der Waals surface area contributed by atoms with E-state index < -0.39 is 4.92 Å². The van der Waals surface area contributed by atoms with Gasteiger partial charge in [0.05, 0.1) is 17.6 Å². The number of ether oxygens (including phenoxy) is 2. The number of nitrogens with one attached hydrogen (secondary N) is 1. The molecule has 8 nitrogen and oxygen atoms in total. The van der Waals surface area contributed by atoms with Crippen LogP contribution in [-0.2, 0) is 0 Å². The van der Waals surface area contributed by atoms with Gasteiger partial charge in [0.1, 0.15) is 17.2 Å². The van der Waals surface area contributed by atoms with E-state index in [0.717, 1.165) is 19.3 Å². The zero-order valence-electron chi connectivity index (χ0n) is 16.6.